The van der Waals surface area contributed by atoms with Crippen molar-refractivity contribution in [3.05, 3.63) is 34.3 Å². The smallest absolute Gasteiger partial charge is 0.299 e. The molecule has 0 heterocycles. The molecule has 0 aromatic heterocycles. The Kier molecular flexibility index (Phi) is 2.70. The molecule has 1 nitrogen and oxygen atoms in total. The van der Waals surface area contributed by atoms with Crippen molar-refractivity contribution in [1.29, 1.82) is 0 Å². The van der Waals surface area contributed by atoms with Gasteiger partial charge in [-0.2, -0.15) is 13.2 Å². The van der Waals surface area contributed by atoms with Crippen LogP contribution in [0.2, 0.25) is 5.02 Å². The van der Waals surface area contributed by atoms with Gasteiger partial charge in [-0.15, -0.1) is 0 Å². The van der Waals surface area contributed by atoms with Crippen LogP contribution in [0.1, 0.15) is 29.9 Å². The molecule has 1 aliphatic carbocycles. The third-order valence-electron chi connectivity index (χ3n) is 2.76. The van der Waals surface area contributed by atoms with Crippen LogP contribution in [-0.4, -0.2) is 5.78 Å². The summed E-state index contributed by atoms with van der Waals surface area (Å²) in [4.78, 5) is 11.2. The molecule has 1 atom stereocenters. The Morgan fingerprint density at radius 3 is 2.44 bits per heavy atom. The predicted octanol–water partition coefficient (Wildman–Crippen LogP) is 3.81. The first-order valence-corrected chi connectivity index (χ1v) is 5.17. The summed E-state index contributed by atoms with van der Waals surface area (Å²) in [5.41, 5.74) is -0.744. The molecule has 0 N–H and O–H groups in total. The van der Waals surface area contributed by atoms with E-state index in [9.17, 15) is 18.0 Å². The Bertz CT molecular complexity index is 439. The van der Waals surface area contributed by atoms with Gasteiger partial charge in [0.2, 0.25) is 0 Å². The molecule has 5 heteroatoms. The maximum Gasteiger partial charge on any atom is 0.416 e. The zero-order valence-electron chi connectivity index (χ0n) is 8.14. The molecule has 0 amide bonds. The van der Waals surface area contributed by atoms with Crippen molar-refractivity contribution in [1.82, 2.24) is 0 Å². The minimum absolute atomic E-state index is 0.0104. The normalized spacial score (nSPS) is 20.8. The zero-order valence-corrected chi connectivity index (χ0v) is 8.90. The van der Waals surface area contributed by atoms with Gasteiger partial charge in [0, 0.05) is 17.4 Å². The van der Waals surface area contributed by atoms with Crippen molar-refractivity contribution >= 4 is 17.4 Å². The van der Waals surface area contributed by atoms with Crippen molar-refractivity contribution < 1.29 is 18.0 Å². The Hall–Kier alpha value is -1.03. The summed E-state index contributed by atoms with van der Waals surface area (Å²) in [5, 5.41) is 0.225. The van der Waals surface area contributed by atoms with Crippen molar-refractivity contribution in [3.63, 3.8) is 0 Å². The molecular formula is C11H8ClF3O. The average molecular weight is 249 g/mol. The second-order valence-corrected chi connectivity index (χ2v) is 4.22. The number of ketones is 1. The lowest BCUT2D eigenvalue weighted by Crippen LogP contribution is -2.26. The summed E-state index contributed by atoms with van der Waals surface area (Å²) in [5.74, 6) is -0.775. The van der Waals surface area contributed by atoms with Gasteiger partial charge in [-0.1, -0.05) is 11.6 Å². The number of halogens is 4. The first-order chi connectivity index (χ1) is 7.39. The lowest BCUT2D eigenvalue weighted by Gasteiger charge is -2.27. The molecule has 16 heavy (non-hydrogen) atoms. The van der Waals surface area contributed by atoms with Crippen LogP contribution >= 0.6 is 11.6 Å². The monoisotopic (exact) mass is 248 g/mol. The Morgan fingerprint density at radius 2 is 2.00 bits per heavy atom. The third-order valence-corrected chi connectivity index (χ3v) is 3.00. The number of carbonyl (C=O) groups excluding carboxylic acids is 1. The van der Waals surface area contributed by atoms with Crippen LogP contribution in [0.25, 0.3) is 0 Å². The van der Waals surface area contributed by atoms with Gasteiger partial charge in [0.1, 0.15) is 5.78 Å². The topological polar surface area (TPSA) is 17.1 Å². The maximum atomic E-state index is 12.7. The number of rotatable bonds is 1. The van der Waals surface area contributed by atoms with E-state index in [1.807, 2.05) is 0 Å². The number of hydrogen-bond donors (Lipinski definition) is 0. The van der Waals surface area contributed by atoms with Crippen molar-refractivity contribution in [2.75, 3.05) is 0 Å². The number of benzene rings is 1. The van der Waals surface area contributed by atoms with E-state index >= 15 is 0 Å². The van der Waals surface area contributed by atoms with Crippen LogP contribution in [0.15, 0.2) is 18.2 Å². The van der Waals surface area contributed by atoms with E-state index in [2.05, 4.69) is 0 Å². The fraction of sp³-hybridized carbons (Fsp3) is 0.364. The van der Waals surface area contributed by atoms with Gasteiger partial charge < -0.3 is 0 Å². The Balaban J connectivity index is 2.49. The number of hydrogen-bond acceptors (Lipinski definition) is 1. The first kappa shape index (κ1) is 11.5. The van der Waals surface area contributed by atoms with Crippen LogP contribution in [0, 0.1) is 0 Å². The van der Waals surface area contributed by atoms with E-state index < -0.39 is 17.7 Å². The molecule has 0 spiro atoms. The van der Waals surface area contributed by atoms with Crippen molar-refractivity contribution in [3.8, 4) is 0 Å². The van der Waals surface area contributed by atoms with Crippen LogP contribution in [0.4, 0.5) is 13.2 Å². The van der Waals surface area contributed by atoms with E-state index in [1.165, 1.54) is 12.1 Å². The molecule has 0 saturated heterocycles. The SMILES string of the molecule is O=C1CCC1c1cc(Cl)ccc1C(F)(F)F. The fourth-order valence-electron chi connectivity index (χ4n) is 1.82. The Morgan fingerprint density at radius 1 is 1.31 bits per heavy atom. The highest BCUT2D eigenvalue weighted by atomic mass is 35.5. The molecule has 1 fully saturated rings. The van der Waals surface area contributed by atoms with Gasteiger partial charge in [0.25, 0.3) is 0 Å². The van der Waals surface area contributed by atoms with Crippen molar-refractivity contribution in [2.45, 2.75) is 24.9 Å². The quantitative estimate of drug-likeness (QED) is 0.739. The van der Waals surface area contributed by atoms with Crippen LogP contribution in [0.5, 0.6) is 0 Å². The Labute approximate surface area is 95.2 Å². The van der Waals surface area contributed by atoms with Crippen LogP contribution in [-0.2, 0) is 11.0 Å². The summed E-state index contributed by atoms with van der Waals surface area (Å²) in [6, 6.07) is 3.37. The minimum atomic E-state index is -4.43. The molecule has 1 aromatic carbocycles. The molecule has 86 valence electrons. The summed E-state index contributed by atoms with van der Waals surface area (Å²) in [7, 11) is 0. The van der Waals surface area contributed by atoms with Gasteiger partial charge in [0.05, 0.1) is 5.56 Å². The summed E-state index contributed by atoms with van der Waals surface area (Å²) in [6.45, 7) is 0. The fourth-order valence-corrected chi connectivity index (χ4v) is 2.00. The minimum Gasteiger partial charge on any atom is -0.299 e. The molecule has 1 aromatic rings. The standard InChI is InChI=1S/C11H8ClF3O/c12-6-1-3-9(11(13,14)15)8(5-6)7-2-4-10(7)16/h1,3,5,7H,2,4H2. The second-order valence-electron chi connectivity index (χ2n) is 3.79. The van der Waals surface area contributed by atoms with Gasteiger partial charge in [-0.25, -0.2) is 0 Å². The van der Waals surface area contributed by atoms with E-state index in [0.717, 1.165) is 6.07 Å². The molecule has 1 aliphatic rings. The third kappa shape index (κ3) is 1.94. The highest BCUT2D eigenvalue weighted by molar-refractivity contribution is 6.30. The molecule has 2 rings (SSSR count). The van der Waals surface area contributed by atoms with Gasteiger partial charge in [0.15, 0.2) is 0 Å². The lowest BCUT2D eigenvalue weighted by atomic mass is 9.77. The summed E-state index contributed by atoms with van der Waals surface area (Å²) < 4.78 is 38.0. The highest BCUT2D eigenvalue weighted by Gasteiger charge is 2.39. The molecule has 0 bridgehead atoms. The van der Waals surface area contributed by atoms with E-state index in [-0.39, 0.29) is 16.4 Å². The summed E-state index contributed by atoms with van der Waals surface area (Å²) >= 11 is 5.66. The van der Waals surface area contributed by atoms with E-state index in [1.54, 1.807) is 0 Å². The number of carbonyl (C=O) groups is 1. The number of Topliss-reactive ketones (excluding diaryl/α,β-unsaturated/α-hetero) is 1. The molecule has 1 saturated carbocycles. The molecule has 0 aliphatic heterocycles. The maximum absolute atomic E-state index is 12.7. The second kappa shape index (κ2) is 3.77. The molecule has 1 unspecified atom stereocenters. The van der Waals surface area contributed by atoms with Gasteiger partial charge in [-0.3, -0.25) is 4.79 Å². The van der Waals surface area contributed by atoms with Gasteiger partial charge in [-0.05, 0) is 30.2 Å². The lowest BCUT2D eigenvalue weighted by molar-refractivity contribution is -0.139. The van der Waals surface area contributed by atoms with E-state index in [4.69, 9.17) is 11.6 Å². The average Bonchev–Trinajstić information content (AvgIpc) is 2.13. The molecule has 0 radical (unpaired) electrons. The van der Waals surface area contributed by atoms with Crippen LogP contribution < -0.4 is 0 Å². The molecular weight excluding hydrogens is 241 g/mol. The summed E-state index contributed by atoms with van der Waals surface area (Å²) in [6.07, 6.45) is -3.60. The number of alkyl halides is 3. The first-order valence-electron chi connectivity index (χ1n) is 4.79. The predicted molar refractivity (Wildman–Crippen MR) is 53.4 cm³/mol. The van der Waals surface area contributed by atoms with Crippen molar-refractivity contribution in [2.24, 2.45) is 0 Å². The van der Waals surface area contributed by atoms with Crippen LogP contribution in [0.3, 0.4) is 0 Å². The van der Waals surface area contributed by atoms with Gasteiger partial charge >= 0.3 is 6.18 Å². The highest BCUT2D eigenvalue weighted by Crippen LogP contribution is 2.42. The zero-order chi connectivity index (χ0) is 11.9. The largest absolute Gasteiger partial charge is 0.416 e. The van der Waals surface area contributed by atoms with E-state index in [0.29, 0.717) is 12.8 Å².